The molecule has 0 unspecified atom stereocenters. The predicted molar refractivity (Wildman–Crippen MR) is 77.6 cm³/mol. The third kappa shape index (κ3) is 2.68. The van der Waals surface area contributed by atoms with Crippen LogP contribution in [0.15, 0.2) is 30.5 Å². The van der Waals surface area contributed by atoms with Gasteiger partial charge in [-0.05, 0) is 36.8 Å². The molecule has 0 aliphatic carbocycles. The molecule has 0 fully saturated rings. The van der Waals surface area contributed by atoms with Crippen molar-refractivity contribution in [3.05, 3.63) is 47.3 Å². The second-order valence-corrected chi connectivity index (χ2v) is 4.63. The van der Waals surface area contributed by atoms with Crippen molar-refractivity contribution in [2.75, 3.05) is 5.32 Å². The molecule has 0 aliphatic heterocycles. The quantitative estimate of drug-likeness (QED) is 0.825. The van der Waals surface area contributed by atoms with Crippen molar-refractivity contribution in [1.82, 2.24) is 9.78 Å². The molecule has 0 radical (unpaired) electrons. The topological polar surface area (TPSA) is 55.9 Å². The maximum atomic E-state index is 5.64. The van der Waals surface area contributed by atoms with Crippen LogP contribution in [0, 0.1) is 6.92 Å². The lowest BCUT2D eigenvalue weighted by Gasteiger charge is -2.10. The number of nitrogens with two attached hydrogens (primary N) is 1. The Morgan fingerprint density at radius 1 is 1.44 bits per heavy atom. The molecule has 1 aromatic carbocycles. The van der Waals surface area contributed by atoms with Crippen molar-refractivity contribution in [1.29, 1.82) is 0 Å². The first-order valence-electron chi connectivity index (χ1n) is 5.69. The van der Waals surface area contributed by atoms with Crippen molar-refractivity contribution in [3.8, 4) is 0 Å². The standard InChI is InChI=1S/C13H16N4S/c1-9-7-10(3-4-12(9)13(14)18)15-8-11-5-6-16-17(11)2/h3-7,15H,8H2,1-2H3,(H2,14,18). The van der Waals surface area contributed by atoms with E-state index in [0.29, 0.717) is 4.99 Å². The summed E-state index contributed by atoms with van der Waals surface area (Å²) in [7, 11) is 1.93. The first-order chi connectivity index (χ1) is 8.58. The van der Waals surface area contributed by atoms with Crippen LogP contribution in [0.1, 0.15) is 16.8 Å². The minimum absolute atomic E-state index is 0.436. The van der Waals surface area contributed by atoms with E-state index < -0.39 is 0 Å². The lowest BCUT2D eigenvalue weighted by atomic mass is 10.1. The Morgan fingerprint density at radius 2 is 2.22 bits per heavy atom. The Balaban J connectivity index is 2.09. The molecule has 1 aromatic heterocycles. The first-order valence-corrected chi connectivity index (χ1v) is 6.10. The molecule has 0 saturated carbocycles. The molecule has 0 saturated heterocycles. The minimum Gasteiger partial charge on any atom is -0.389 e. The predicted octanol–water partition coefficient (Wildman–Crippen LogP) is 1.97. The molecule has 3 N–H and O–H groups in total. The molecular weight excluding hydrogens is 244 g/mol. The third-order valence-electron chi connectivity index (χ3n) is 2.89. The number of hydrogen-bond acceptors (Lipinski definition) is 3. The van der Waals surface area contributed by atoms with E-state index in [1.807, 2.05) is 42.9 Å². The molecule has 5 heteroatoms. The van der Waals surface area contributed by atoms with Gasteiger partial charge >= 0.3 is 0 Å². The Bertz CT molecular complexity index is 574. The van der Waals surface area contributed by atoms with Crippen LogP contribution in [0.5, 0.6) is 0 Å². The van der Waals surface area contributed by atoms with Gasteiger partial charge in [0.2, 0.25) is 0 Å². The number of nitrogens with one attached hydrogen (secondary N) is 1. The van der Waals surface area contributed by atoms with E-state index in [9.17, 15) is 0 Å². The minimum atomic E-state index is 0.436. The SMILES string of the molecule is Cc1cc(NCc2ccnn2C)ccc1C(N)=S. The number of aromatic nitrogens is 2. The second kappa shape index (κ2) is 5.18. The summed E-state index contributed by atoms with van der Waals surface area (Å²) >= 11 is 4.99. The number of rotatable bonds is 4. The molecule has 18 heavy (non-hydrogen) atoms. The number of hydrogen-bond donors (Lipinski definition) is 2. The zero-order chi connectivity index (χ0) is 13.1. The van der Waals surface area contributed by atoms with Gasteiger partial charge in [-0.2, -0.15) is 5.10 Å². The van der Waals surface area contributed by atoms with E-state index in [1.54, 1.807) is 6.20 Å². The Kier molecular flexibility index (Phi) is 3.62. The van der Waals surface area contributed by atoms with Gasteiger partial charge in [-0.3, -0.25) is 4.68 Å². The van der Waals surface area contributed by atoms with Crippen molar-refractivity contribution >= 4 is 22.9 Å². The highest BCUT2D eigenvalue weighted by atomic mass is 32.1. The van der Waals surface area contributed by atoms with Crippen LogP contribution in [0.25, 0.3) is 0 Å². The molecular formula is C13H16N4S. The van der Waals surface area contributed by atoms with E-state index >= 15 is 0 Å². The van der Waals surface area contributed by atoms with Crippen LogP contribution in [-0.4, -0.2) is 14.8 Å². The summed E-state index contributed by atoms with van der Waals surface area (Å²) in [6.45, 7) is 2.74. The molecule has 0 atom stereocenters. The summed E-state index contributed by atoms with van der Waals surface area (Å²) in [4.78, 5) is 0.436. The smallest absolute Gasteiger partial charge is 0.104 e. The van der Waals surface area contributed by atoms with Crippen LogP contribution in [0.4, 0.5) is 5.69 Å². The van der Waals surface area contributed by atoms with Crippen molar-refractivity contribution < 1.29 is 0 Å². The van der Waals surface area contributed by atoms with Gasteiger partial charge in [-0.25, -0.2) is 0 Å². The fraction of sp³-hybridized carbons (Fsp3) is 0.231. The van der Waals surface area contributed by atoms with Gasteiger partial charge in [0.1, 0.15) is 4.99 Å². The maximum absolute atomic E-state index is 5.64. The van der Waals surface area contributed by atoms with Gasteiger partial charge in [0, 0.05) is 24.5 Å². The molecule has 4 nitrogen and oxygen atoms in total. The van der Waals surface area contributed by atoms with Gasteiger partial charge in [0.15, 0.2) is 0 Å². The molecule has 2 aromatic rings. The van der Waals surface area contributed by atoms with Gasteiger partial charge in [0.25, 0.3) is 0 Å². The normalized spacial score (nSPS) is 10.3. The van der Waals surface area contributed by atoms with Crippen molar-refractivity contribution in [2.45, 2.75) is 13.5 Å². The molecule has 1 heterocycles. The highest BCUT2D eigenvalue weighted by Crippen LogP contribution is 2.16. The number of benzene rings is 1. The highest BCUT2D eigenvalue weighted by molar-refractivity contribution is 7.80. The van der Waals surface area contributed by atoms with E-state index in [2.05, 4.69) is 10.4 Å². The van der Waals surface area contributed by atoms with Crippen molar-refractivity contribution in [3.63, 3.8) is 0 Å². The number of aryl methyl sites for hydroxylation is 2. The van der Waals surface area contributed by atoms with Crippen molar-refractivity contribution in [2.24, 2.45) is 12.8 Å². The third-order valence-corrected chi connectivity index (χ3v) is 3.11. The average Bonchev–Trinajstić information content (AvgIpc) is 2.72. The fourth-order valence-electron chi connectivity index (χ4n) is 1.82. The lowest BCUT2D eigenvalue weighted by molar-refractivity contribution is 0.720. The first kappa shape index (κ1) is 12.6. The number of thiocarbonyl (C=S) groups is 1. The second-order valence-electron chi connectivity index (χ2n) is 4.19. The Labute approximate surface area is 112 Å². The van der Waals surface area contributed by atoms with Gasteiger partial charge in [0.05, 0.1) is 12.2 Å². The molecule has 0 amide bonds. The summed E-state index contributed by atoms with van der Waals surface area (Å²) in [6.07, 6.45) is 1.79. The van der Waals surface area contributed by atoms with Crippen LogP contribution in [-0.2, 0) is 13.6 Å². The summed E-state index contributed by atoms with van der Waals surface area (Å²) in [5.41, 5.74) is 9.82. The number of nitrogens with zero attached hydrogens (tertiary/aromatic N) is 2. The monoisotopic (exact) mass is 260 g/mol. The highest BCUT2D eigenvalue weighted by Gasteiger charge is 2.03. The summed E-state index contributed by atoms with van der Waals surface area (Å²) in [5, 5.41) is 7.48. The summed E-state index contributed by atoms with van der Waals surface area (Å²) in [6, 6.07) is 7.97. The van der Waals surface area contributed by atoms with Crippen LogP contribution < -0.4 is 11.1 Å². The van der Waals surface area contributed by atoms with E-state index in [0.717, 1.165) is 29.1 Å². The fourth-order valence-corrected chi connectivity index (χ4v) is 2.05. The molecule has 0 bridgehead atoms. The molecule has 94 valence electrons. The molecule has 2 rings (SSSR count). The van der Waals surface area contributed by atoms with E-state index in [1.165, 1.54) is 0 Å². The molecule has 0 spiro atoms. The molecule has 0 aliphatic rings. The Morgan fingerprint density at radius 3 is 2.78 bits per heavy atom. The van der Waals surface area contributed by atoms with E-state index in [4.69, 9.17) is 18.0 Å². The zero-order valence-corrected chi connectivity index (χ0v) is 11.3. The van der Waals surface area contributed by atoms with Gasteiger partial charge in [-0.15, -0.1) is 0 Å². The summed E-state index contributed by atoms with van der Waals surface area (Å²) in [5.74, 6) is 0. The van der Waals surface area contributed by atoms with Crippen LogP contribution in [0.2, 0.25) is 0 Å². The summed E-state index contributed by atoms with van der Waals surface area (Å²) < 4.78 is 1.85. The Hall–Kier alpha value is -1.88. The lowest BCUT2D eigenvalue weighted by Crippen LogP contribution is -2.11. The van der Waals surface area contributed by atoms with Crippen LogP contribution in [0.3, 0.4) is 0 Å². The van der Waals surface area contributed by atoms with Gasteiger partial charge in [-0.1, -0.05) is 12.2 Å². The van der Waals surface area contributed by atoms with Crippen LogP contribution >= 0.6 is 12.2 Å². The largest absolute Gasteiger partial charge is 0.389 e. The average molecular weight is 260 g/mol. The maximum Gasteiger partial charge on any atom is 0.104 e. The zero-order valence-electron chi connectivity index (χ0n) is 10.5. The van der Waals surface area contributed by atoms with Gasteiger partial charge < -0.3 is 11.1 Å². The number of anilines is 1. The van der Waals surface area contributed by atoms with E-state index in [-0.39, 0.29) is 0 Å².